The lowest BCUT2D eigenvalue weighted by Gasteiger charge is -2.18. The van der Waals surface area contributed by atoms with Gasteiger partial charge in [0.1, 0.15) is 17.3 Å². The van der Waals surface area contributed by atoms with Gasteiger partial charge in [-0.05, 0) is 31.9 Å². The summed E-state index contributed by atoms with van der Waals surface area (Å²) in [5.41, 5.74) is 1.85. The predicted molar refractivity (Wildman–Crippen MR) is 114 cm³/mol. The van der Waals surface area contributed by atoms with Gasteiger partial charge in [-0.15, -0.1) is 0 Å². The highest BCUT2D eigenvalue weighted by Crippen LogP contribution is 2.26. The van der Waals surface area contributed by atoms with Crippen LogP contribution in [-0.4, -0.2) is 35.6 Å². The summed E-state index contributed by atoms with van der Waals surface area (Å²) in [5, 5.41) is 2.94. The molecule has 6 nitrogen and oxygen atoms in total. The lowest BCUT2D eigenvalue weighted by molar-refractivity contribution is 0.102. The van der Waals surface area contributed by atoms with Crippen molar-refractivity contribution in [2.45, 2.75) is 19.8 Å². The molecule has 0 spiro atoms. The third-order valence-corrected chi connectivity index (χ3v) is 4.84. The van der Waals surface area contributed by atoms with Crippen LogP contribution in [0.25, 0.3) is 11.4 Å². The molecule has 2 heterocycles. The molecule has 1 amide bonds. The monoisotopic (exact) mass is 388 g/mol. The van der Waals surface area contributed by atoms with E-state index in [-0.39, 0.29) is 5.91 Å². The number of carbonyl (C=O) groups is 1. The average Bonchev–Trinajstić information content (AvgIpc) is 3.31. The van der Waals surface area contributed by atoms with Crippen LogP contribution in [0.2, 0.25) is 0 Å². The first-order valence-electron chi connectivity index (χ1n) is 9.97. The van der Waals surface area contributed by atoms with E-state index in [1.807, 2.05) is 61.5 Å². The Hall–Kier alpha value is -3.41. The van der Waals surface area contributed by atoms with Gasteiger partial charge in [0.15, 0.2) is 5.82 Å². The fraction of sp³-hybridized carbons (Fsp3) is 0.261. The largest absolute Gasteiger partial charge is 0.492 e. The normalized spacial score (nSPS) is 13.3. The van der Waals surface area contributed by atoms with Gasteiger partial charge in [-0.2, -0.15) is 0 Å². The van der Waals surface area contributed by atoms with Gasteiger partial charge in [0.05, 0.1) is 12.3 Å². The molecule has 2 aromatic carbocycles. The summed E-state index contributed by atoms with van der Waals surface area (Å²) >= 11 is 0. The molecule has 3 aromatic rings. The molecule has 1 aliphatic heterocycles. The van der Waals surface area contributed by atoms with Crippen molar-refractivity contribution in [2.75, 3.05) is 29.9 Å². The van der Waals surface area contributed by atoms with Crippen LogP contribution in [0.5, 0.6) is 5.75 Å². The highest BCUT2D eigenvalue weighted by molar-refractivity contribution is 6.04. The number of carbonyl (C=O) groups excluding carboxylic acids is 1. The van der Waals surface area contributed by atoms with Crippen LogP contribution in [0, 0.1) is 0 Å². The average molecular weight is 388 g/mol. The van der Waals surface area contributed by atoms with E-state index in [2.05, 4.69) is 15.2 Å². The van der Waals surface area contributed by atoms with E-state index in [4.69, 9.17) is 9.72 Å². The zero-order valence-corrected chi connectivity index (χ0v) is 16.5. The minimum Gasteiger partial charge on any atom is -0.492 e. The Balaban J connectivity index is 1.68. The molecule has 1 saturated heterocycles. The van der Waals surface area contributed by atoms with Crippen molar-refractivity contribution in [2.24, 2.45) is 0 Å². The third-order valence-electron chi connectivity index (χ3n) is 4.84. The number of hydrogen-bond donors (Lipinski definition) is 1. The van der Waals surface area contributed by atoms with Crippen LogP contribution in [0.1, 0.15) is 30.3 Å². The number of anilines is 2. The molecular weight excluding hydrogens is 364 g/mol. The molecule has 1 N–H and O–H groups in total. The third kappa shape index (κ3) is 4.37. The number of hydrogen-bond acceptors (Lipinski definition) is 5. The quantitative estimate of drug-likeness (QED) is 0.678. The van der Waals surface area contributed by atoms with Crippen molar-refractivity contribution >= 4 is 17.4 Å². The standard InChI is InChI=1S/C23H24N4O2/c1-2-29-20-13-7-6-12-18(20)25-23(28)19-16-21(27-14-8-9-15-27)26-22(24-19)17-10-4-3-5-11-17/h3-7,10-13,16H,2,8-9,14-15H2,1H3,(H,25,28). The molecule has 0 unspecified atom stereocenters. The lowest BCUT2D eigenvalue weighted by Crippen LogP contribution is -2.22. The molecule has 1 aromatic heterocycles. The Morgan fingerprint density at radius 1 is 1.03 bits per heavy atom. The number of benzene rings is 2. The highest BCUT2D eigenvalue weighted by atomic mass is 16.5. The molecule has 0 radical (unpaired) electrons. The number of amides is 1. The lowest BCUT2D eigenvalue weighted by atomic mass is 10.2. The second-order valence-corrected chi connectivity index (χ2v) is 6.88. The van der Waals surface area contributed by atoms with E-state index in [0.717, 1.165) is 37.3 Å². The second kappa shape index (κ2) is 8.73. The molecule has 1 fully saturated rings. The first-order chi connectivity index (χ1) is 14.2. The topological polar surface area (TPSA) is 67.3 Å². The molecule has 0 aliphatic carbocycles. The minimum absolute atomic E-state index is 0.280. The molecular formula is C23H24N4O2. The van der Waals surface area contributed by atoms with E-state index < -0.39 is 0 Å². The summed E-state index contributed by atoms with van der Waals surface area (Å²) in [7, 11) is 0. The minimum atomic E-state index is -0.280. The zero-order chi connectivity index (χ0) is 20.1. The van der Waals surface area contributed by atoms with Gasteiger partial charge < -0.3 is 15.0 Å². The first-order valence-corrected chi connectivity index (χ1v) is 9.97. The Labute approximate surface area is 170 Å². The van der Waals surface area contributed by atoms with Crippen LogP contribution in [0.15, 0.2) is 60.7 Å². The van der Waals surface area contributed by atoms with Gasteiger partial charge in [0, 0.05) is 24.7 Å². The van der Waals surface area contributed by atoms with E-state index in [1.165, 1.54) is 0 Å². The van der Waals surface area contributed by atoms with E-state index >= 15 is 0 Å². The number of nitrogens with zero attached hydrogens (tertiary/aromatic N) is 3. The summed E-state index contributed by atoms with van der Waals surface area (Å²) in [5.74, 6) is 1.70. The van der Waals surface area contributed by atoms with Gasteiger partial charge in [-0.3, -0.25) is 4.79 Å². The SMILES string of the molecule is CCOc1ccccc1NC(=O)c1cc(N2CCCC2)nc(-c2ccccc2)n1. The van der Waals surface area contributed by atoms with Crippen molar-refractivity contribution in [1.82, 2.24) is 9.97 Å². The summed E-state index contributed by atoms with van der Waals surface area (Å²) in [6.45, 7) is 4.33. The molecule has 1 aliphatic rings. The molecule has 148 valence electrons. The summed E-state index contributed by atoms with van der Waals surface area (Å²) in [6, 6.07) is 18.9. The number of nitrogens with one attached hydrogen (secondary N) is 1. The second-order valence-electron chi connectivity index (χ2n) is 6.88. The van der Waals surface area contributed by atoms with Crippen molar-refractivity contribution in [3.63, 3.8) is 0 Å². The molecule has 6 heteroatoms. The highest BCUT2D eigenvalue weighted by Gasteiger charge is 2.19. The maximum atomic E-state index is 13.0. The molecule has 0 atom stereocenters. The first kappa shape index (κ1) is 18.9. The van der Waals surface area contributed by atoms with Crippen molar-refractivity contribution in [1.29, 1.82) is 0 Å². The van der Waals surface area contributed by atoms with Gasteiger partial charge in [0.2, 0.25) is 0 Å². The fourth-order valence-electron chi connectivity index (χ4n) is 3.41. The Kier molecular flexibility index (Phi) is 5.70. The maximum absolute atomic E-state index is 13.0. The predicted octanol–water partition coefficient (Wildman–Crippen LogP) is 4.39. The van der Waals surface area contributed by atoms with Gasteiger partial charge >= 0.3 is 0 Å². The fourth-order valence-corrected chi connectivity index (χ4v) is 3.41. The summed E-state index contributed by atoms with van der Waals surface area (Å²) in [6.07, 6.45) is 2.27. The van der Waals surface area contributed by atoms with E-state index in [9.17, 15) is 4.79 Å². The smallest absolute Gasteiger partial charge is 0.274 e. The maximum Gasteiger partial charge on any atom is 0.274 e. The van der Waals surface area contributed by atoms with Crippen LogP contribution < -0.4 is 15.0 Å². The number of ether oxygens (including phenoxy) is 1. The molecule has 0 saturated carbocycles. The van der Waals surface area contributed by atoms with Crippen molar-refractivity contribution in [3.05, 3.63) is 66.4 Å². The van der Waals surface area contributed by atoms with E-state index in [1.54, 1.807) is 6.07 Å². The molecule has 29 heavy (non-hydrogen) atoms. The number of rotatable bonds is 6. The number of aromatic nitrogens is 2. The van der Waals surface area contributed by atoms with E-state index in [0.29, 0.717) is 29.6 Å². The van der Waals surface area contributed by atoms with Gasteiger partial charge in [-0.1, -0.05) is 42.5 Å². The van der Waals surface area contributed by atoms with Crippen LogP contribution in [0.4, 0.5) is 11.5 Å². The van der Waals surface area contributed by atoms with Crippen LogP contribution >= 0.6 is 0 Å². The Bertz CT molecular complexity index is 985. The number of para-hydroxylation sites is 2. The van der Waals surface area contributed by atoms with Crippen molar-refractivity contribution in [3.8, 4) is 17.1 Å². The molecule has 0 bridgehead atoms. The van der Waals surface area contributed by atoms with Crippen molar-refractivity contribution < 1.29 is 9.53 Å². The summed E-state index contributed by atoms with van der Waals surface area (Å²) in [4.78, 5) is 24.5. The Morgan fingerprint density at radius 2 is 1.76 bits per heavy atom. The van der Waals surface area contributed by atoms with Gasteiger partial charge in [-0.25, -0.2) is 9.97 Å². The Morgan fingerprint density at radius 3 is 2.52 bits per heavy atom. The van der Waals surface area contributed by atoms with Crippen LogP contribution in [-0.2, 0) is 0 Å². The molecule has 4 rings (SSSR count). The van der Waals surface area contributed by atoms with Gasteiger partial charge in [0.25, 0.3) is 5.91 Å². The zero-order valence-electron chi connectivity index (χ0n) is 16.5. The van der Waals surface area contributed by atoms with Crippen LogP contribution in [0.3, 0.4) is 0 Å². The summed E-state index contributed by atoms with van der Waals surface area (Å²) < 4.78 is 5.62.